The molecule has 0 fully saturated rings. The fraction of sp³-hybridized carbons (Fsp3) is 0.174. The van der Waals surface area contributed by atoms with E-state index in [0.29, 0.717) is 22.3 Å². The second kappa shape index (κ2) is 7.98. The van der Waals surface area contributed by atoms with Crippen LogP contribution in [0.1, 0.15) is 28.7 Å². The van der Waals surface area contributed by atoms with Crippen molar-refractivity contribution in [3.8, 4) is 5.69 Å². The van der Waals surface area contributed by atoms with Crippen molar-refractivity contribution in [1.29, 1.82) is 0 Å². The van der Waals surface area contributed by atoms with Gasteiger partial charge in [0.1, 0.15) is 0 Å². The number of fused-ring (bicyclic) bond motifs is 1. The van der Waals surface area contributed by atoms with E-state index in [9.17, 15) is 14.4 Å². The topological polar surface area (TPSA) is 109 Å². The SMILES string of the molecule is Cc1ccc(C)n1-c1ccc(C(=O)O[C@H](C)C(=O)Nc2ccc3[nH]c(=O)[nH]c3c2)cc1. The number of amides is 1. The summed E-state index contributed by atoms with van der Waals surface area (Å²) in [5.74, 6) is -1.05. The first-order valence-electron chi connectivity index (χ1n) is 9.81. The van der Waals surface area contributed by atoms with Gasteiger partial charge in [-0.2, -0.15) is 0 Å². The number of aromatic amines is 2. The predicted molar refractivity (Wildman–Crippen MR) is 118 cm³/mol. The summed E-state index contributed by atoms with van der Waals surface area (Å²) < 4.78 is 7.40. The van der Waals surface area contributed by atoms with Gasteiger partial charge in [0.15, 0.2) is 6.10 Å². The van der Waals surface area contributed by atoms with Crippen LogP contribution in [0.5, 0.6) is 0 Å². The number of aromatic nitrogens is 3. The Bertz CT molecular complexity index is 1310. The molecule has 0 spiro atoms. The van der Waals surface area contributed by atoms with Crippen LogP contribution in [0.3, 0.4) is 0 Å². The number of benzene rings is 2. The molecule has 4 aromatic rings. The molecule has 2 aromatic heterocycles. The Labute approximate surface area is 177 Å². The summed E-state index contributed by atoms with van der Waals surface area (Å²) in [5, 5.41) is 2.68. The maximum absolute atomic E-state index is 12.5. The van der Waals surface area contributed by atoms with Crippen LogP contribution in [-0.4, -0.2) is 32.5 Å². The van der Waals surface area contributed by atoms with Crippen molar-refractivity contribution in [2.24, 2.45) is 0 Å². The highest BCUT2D eigenvalue weighted by Crippen LogP contribution is 2.18. The Hall–Kier alpha value is -4.07. The molecule has 2 heterocycles. The summed E-state index contributed by atoms with van der Waals surface area (Å²) in [7, 11) is 0. The van der Waals surface area contributed by atoms with Crippen molar-refractivity contribution < 1.29 is 14.3 Å². The molecule has 0 bridgehead atoms. The van der Waals surface area contributed by atoms with Gasteiger partial charge in [-0.3, -0.25) is 4.79 Å². The molecule has 4 rings (SSSR count). The number of hydrogen-bond donors (Lipinski definition) is 3. The molecule has 0 aliphatic carbocycles. The molecule has 0 radical (unpaired) electrons. The third kappa shape index (κ3) is 4.13. The van der Waals surface area contributed by atoms with E-state index >= 15 is 0 Å². The smallest absolute Gasteiger partial charge is 0.338 e. The molecule has 1 atom stereocenters. The number of ether oxygens (including phenoxy) is 1. The lowest BCUT2D eigenvalue weighted by atomic mass is 10.2. The van der Waals surface area contributed by atoms with Gasteiger partial charge in [0.25, 0.3) is 5.91 Å². The molecule has 0 aliphatic heterocycles. The molecule has 0 unspecified atom stereocenters. The highest BCUT2D eigenvalue weighted by atomic mass is 16.5. The van der Waals surface area contributed by atoms with E-state index in [0.717, 1.165) is 17.1 Å². The summed E-state index contributed by atoms with van der Waals surface area (Å²) >= 11 is 0. The predicted octanol–water partition coefficient (Wildman–Crippen LogP) is 3.45. The normalized spacial score (nSPS) is 12.0. The minimum atomic E-state index is -0.998. The number of nitrogens with one attached hydrogen (secondary N) is 3. The highest BCUT2D eigenvalue weighted by Gasteiger charge is 2.19. The van der Waals surface area contributed by atoms with Crippen LogP contribution in [0, 0.1) is 13.8 Å². The zero-order valence-corrected chi connectivity index (χ0v) is 17.4. The van der Waals surface area contributed by atoms with Gasteiger partial charge >= 0.3 is 11.7 Å². The lowest BCUT2D eigenvalue weighted by Crippen LogP contribution is -2.30. The van der Waals surface area contributed by atoms with Crippen molar-refractivity contribution in [3.05, 3.63) is 82.0 Å². The average Bonchev–Trinajstić information content (AvgIpc) is 3.28. The first-order chi connectivity index (χ1) is 14.8. The van der Waals surface area contributed by atoms with Crippen molar-refractivity contribution in [3.63, 3.8) is 0 Å². The van der Waals surface area contributed by atoms with E-state index in [2.05, 4.69) is 19.9 Å². The van der Waals surface area contributed by atoms with E-state index in [4.69, 9.17) is 4.74 Å². The first kappa shape index (κ1) is 20.2. The second-order valence-electron chi connectivity index (χ2n) is 7.37. The fourth-order valence-electron chi connectivity index (χ4n) is 3.46. The van der Waals surface area contributed by atoms with Crippen LogP contribution in [-0.2, 0) is 9.53 Å². The van der Waals surface area contributed by atoms with Crippen LogP contribution in [0.25, 0.3) is 16.7 Å². The average molecular weight is 418 g/mol. The first-order valence-corrected chi connectivity index (χ1v) is 9.81. The molecule has 2 aromatic carbocycles. The lowest BCUT2D eigenvalue weighted by Gasteiger charge is -2.14. The molecule has 31 heavy (non-hydrogen) atoms. The van der Waals surface area contributed by atoms with E-state index in [1.54, 1.807) is 30.3 Å². The lowest BCUT2D eigenvalue weighted by molar-refractivity contribution is -0.123. The number of rotatable bonds is 5. The van der Waals surface area contributed by atoms with Gasteiger partial charge in [-0.25, -0.2) is 9.59 Å². The van der Waals surface area contributed by atoms with Crippen LogP contribution >= 0.6 is 0 Å². The largest absolute Gasteiger partial charge is 0.449 e. The second-order valence-corrected chi connectivity index (χ2v) is 7.37. The number of carbonyl (C=O) groups is 2. The van der Waals surface area contributed by atoms with Crippen LogP contribution in [0.2, 0.25) is 0 Å². The number of carbonyl (C=O) groups excluding carboxylic acids is 2. The molecule has 158 valence electrons. The molecular weight excluding hydrogens is 396 g/mol. The van der Waals surface area contributed by atoms with Gasteiger partial charge in [0, 0.05) is 22.8 Å². The standard InChI is InChI=1S/C23H22N4O4/c1-13-4-5-14(2)27(13)18-9-6-16(7-10-18)22(29)31-15(3)21(28)24-17-8-11-19-20(12-17)26-23(30)25-19/h4-12,15H,1-3H3,(H,24,28)(H2,25,26,30)/t15-/m1/s1. The van der Waals surface area contributed by atoms with Crippen molar-refractivity contribution >= 4 is 28.6 Å². The molecule has 3 N–H and O–H groups in total. The Morgan fingerprint density at radius 2 is 1.58 bits per heavy atom. The number of H-pyrrole nitrogens is 2. The maximum atomic E-state index is 12.5. The number of hydrogen-bond acceptors (Lipinski definition) is 4. The summed E-state index contributed by atoms with van der Waals surface area (Å²) in [5.41, 5.74) is 4.86. The highest BCUT2D eigenvalue weighted by molar-refractivity contribution is 5.98. The van der Waals surface area contributed by atoms with E-state index in [-0.39, 0.29) is 5.69 Å². The number of anilines is 1. The molecule has 0 saturated carbocycles. The van der Waals surface area contributed by atoms with Crippen molar-refractivity contribution in [2.45, 2.75) is 26.9 Å². The molecule has 0 saturated heterocycles. The molecule has 8 nitrogen and oxygen atoms in total. The minimum absolute atomic E-state index is 0.325. The Morgan fingerprint density at radius 1 is 0.935 bits per heavy atom. The summed E-state index contributed by atoms with van der Waals surface area (Å²) in [4.78, 5) is 41.5. The molecule has 8 heteroatoms. The quantitative estimate of drug-likeness (QED) is 0.431. The Kier molecular flexibility index (Phi) is 5.21. The maximum Gasteiger partial charge on any atom is 0.338 e. The third-order valence-electron chi connectivity index (χ3n) is 5.07. The van der Waals surface area contributed by atoms with Crippen molar-refractivity contribution in [1.82, 2.24) is 14.5 Å². The van der Waals surface area contributed by atoms with Gasteiger partial charge in [-0.15, -0.1) is 0 Å². The number of aryl methyl sites for hydroxylation is 2. The molecule has 1 amide bonds. The van der Waals surface area contributed by atoms with Gasteiger partial charge in [-0.1, -0.05) is 0 Å². The fourth-order valence-corrected chi connectivity index (χ4v) is 3.46. The number of imidazole rings is 1. The molecular formula is C23H22N4O4. The minimum Gasteiger partial charge on any atom is -0.449 e. The van der Waals surface area contributed by atoms with Gasteiger partial charge in [-0.05, 0) is 75.4 Å². The summed E-state index contributed by atoms with van der Waals surface area (Å²) in [6, 6.07) is 16.1. The van der Waals surface area contributed by atoms with Gasteiger partial charge in [0.05, 0.1) is 16.6 Å². The number of esters is 1. The van der Waals surface area contributed by atoms with Gasteiger partial charge < -0.3 is 24.6 Å². The van der Waals surface area contributed by atoms with Crippen LogP contribution < -0.4 is 11.0 Å². The van der Waals surface area contributed by atoms with E-state index < -0.39 is 18.0 Å². The summed E-state index contributed by atoms with van der Waals surface area (Å²) in [6.45, 7) is 5.53. The van der Waals surface area contributed by atoms with Crippen LogP contribution in [0.15, 0.2) is 59.4 Å². The molecule has 0 aliphatic rings. The zero-order valence-electron chi connectivity index (χ0n) is 17.4. The van der Waals surface area contributed by atoms with E-state index in [1.165, 1.54) is 6.92 Å². The monoisotopic (exact) mass is 418 g/mol. The number of nitrogens with zero attached hydrogens (tertiary/aromatic N) is 1. The Balaban J connectivity index is 1.41. The third-order valence-corrected chi connectivity index (χ3v) is 5.07. The van der Waals surface area contributed by atoms with Crippen molar-refractivity contribution in [2.75, 3.05) is 5.32 Å². The summed E-state index contributed by atoms with van der Waals surface area (Å²) in [6.07, 6.45) is -0.998. The zero-order chi connectivity index (χ0) is 22.1. The van der Waals surface area contributed by atoms with Gasteiger partial charge in [0.2, 0.25) is 0 Å². The van der Waals surface area contributed by atoms with E-state index in [1.807, 2.05) is 38.1 Å². The van der Waals surface area contributed by atoms with Crippen LogP contribution in [0.4, 0.5) is 5.69 Å². The Morgan fingerprint density at radius 3 is 2.26 bits per heavy atom.